The van der Waals surface area contributed by atoms with Crippen molar-refractivity contribution in [2.75, 3.05) is 16.4 Å². The number of thioether (sulfide) groups is 1. The second kappa shape index (κ2) is 5.01. The molecule has 1 amide bonds. The Bertz CT molecular complexity index is 622. The minimum atomic E-state index is 0.0523. The van der Waals surface area contributed by atoms with Gasteiger partial charge in [0.25, 0.3) is 0 Å². The maximum absolute atomic E-state index is 11.4. The van der Waals surface area contributed by atoms with Gasteiger partial charge >= 0.3 is 0 Å². The number of anilines is 2. The Balaban J connectivity index is 1.74. The summed E-state index contributed by atoms with van der Waals surface area (Å²) in [5.41, 5.74) is 2.98. The fourth-order valence-electron chi connectivity index (χ4n) is 1.96. The van der Waals surface area contributed by atoms with Gasteiger partial charge in [0.15, 0.2) is 0 Å². The average molecular weight is 274 g/mol. The van der Waals surface area contributed by atoms with Crippen molar-refractivity contribution in [2.45, 2.75) is 18.4 Å². The minimum absolute atomic E-state index is 0.0523. The van der Waals surface area contributed by atoms with Crippen LogP contribution in [0, 0.1) is 6.92 Å². The predicted molar refractivity (Wildman–Crippen MR) is 76.6 cm³/mol. The molecule has 4 nitrogen and oxygen atoms in total. The van der Waals surface area contributed by atoms with Crippen molar-refractivity contribution in [1.82, 2.24) is 0 Å². The first kappa shape index (κ1) is 12.2. The molecule has 3 rings (SSSR count). The molecule has 1 aromatic carbocycles. The quantitative estimate of drug-likeness (QED) is 0.902. The molecule has 0 saturated carbocycles. The largest absolute Gasteiger partial charge is 0.467 e. The van der Waals surface area contributed by atoms with Gasteiger partial charge in [-0.05, 0) is 36.8 Å². The summed E-state index contributed by atoms with van der Waals surface area (Å²) in [6.45, 7) is 2.66. The van der Waals surface area contributed by atoms with Crippen LogP contribution in [-0.4, -0.2) is 11.7 Å². The Hall–Kier alpha value is -1.88. The molecule has 0 saturated heterocycles. The molecule has 0 spiro atoms. The van der Waals surface area contributed by atoms with Crippen molar-refractivity contribution >= 4 is 29.0 Å². The molecule has 98 valence electrons. The number of furan rings is 1. The lowest BCUT2D eigenvalue weighted by molar-refractivity contribution is -0.113. The number of hydrogen-bond donors (Lipinski definition) is 2. The summed E-state index contributed by atoms with van der Waals surface area (Å²) in [7, 11) is 0. The van der Waals surface area contributed by atoms with E-state index in [0.717, 1.165) is 27.6 Å². The van der Waals surface area contributed by atoms with E-state index in [4.69, 9.17) is 4.42 Å². The van der Waals surface area contributed by atoms with Gasteiger partial charge < -0.3 is 15.1 Å². The number of aryl methyl sites for hydroxylation is 1. The minimum Gasteiger partial charge on any atom is -0.467 e. The first-order chi connectivity index (χ1) is 9.22. The number of nitrogens with one attached hydrogen (secondary N) is 2. The zero-order chi connectivity index (χ0) is 13.2. The molecule has 0 unspecified atom stereocenters. The number of carbonyl (C=O) groups excluding carboxylic acids is 1. The number of hydrogen-bond acceptors (Lipinski definition) is 4. The van der Waals surface area contributed by atoms with Gasteiger partial charge in [-0.1, -0.05) is 0 Å². The third-order valence-corrected chi connectivity index (χ3v) is 4.11. The highest BCUT2D eigenvalue weighted by molar-refractivity contribution is 8.00. The van der Waals surface area contributed by atoms with E-state index in [9.17, 15) is 4.79 Å². The Morgan fingerprint density at radius 2 is 2.32 bits per heavy atom. The third-order valence-electron chi connectivity index (χ3n) is 3.03. The van der Waals surface area contributed by atoms with E-state index in [1.54, 1.807) is 18.0 Å². The van der Waals surface area contributed by atoms with Gasteiger partial charge in [-0.25, -0.2) is 0 Å². The molecule has 5 heteroatoms. The van der Waals surface area contributed by atoms with Crippen molar-refractivity contribution in [2.24, 2.45) is 0 Å². The van der Waals surface area contributed by atoms with Gasteiger partial charge in [0, 0.05) is 10.6 Å². The van der Waals surface area contributed by atoms with Crippen LogP contribution in [0.3, 0.4) is 0 Å². The molecular weight excluding hydrogens is 260 g/mol. The highest BCUT2D eigenvalue weighted by atomic mass is 32.2. The van der Waals surface area contributed by atoms with Crippen LogP contribution >= 0.6 is 11.8 Å². The zero-order valence-electron chi connectivity index (χ0n) is 10.5. The fraction of sp³-hybridized carbons (Fsp3) is 0.214. The molecule has 0 atom stereocenters. The van der Waals surface area contributed by atoms with Crippen LogP contribution in [0.25, 0.3) is 0 Å². The molecule has 0 fully saturated rings. The number of rotatable bonds is 3. The maximum atomic E-state index is 11.4. The summed E-state index contributed by atoms with van der Waals surface area (Å²) in [4.78, 5) is 12.5. The summed E-state index contributed by atoms with van der Waals surface area (Å²) in [5, 5.41) is 6.18. The SMILES string of the molecule is Cc1ccoc1CNc1ccc2c(c1)NC(=O)CS2. The topological polar surface area (TPSA) is 54.3 Å². The maximum Gasteiger partial charge on any atom is 0.234 e. The van der Waals surface area contributed by atoms with Crippen molar-refractivity contribution in [1.29, 1.82) is 0 Å². The lowest BCUT2D eigenvalue weighted by Crippen LogP contribution is -2.18. The van der Waals surface area contributed by atoms with Gasteiger partial charge in [-0.15, -0.1) is 11.8 Å². The summed E-state index contributed by atoms with van der Waals surface area (Å²) in [6.07, 6.45) is 1.69. The summed E-state index contributed by atoms with van der Waals surface area (Å²) < 4.78 is 5.38. The monoisotopic (exact) mass is 274 g/mol. The molecule has 0 aliphatic carbocycles. The molecule has 1 aromatic heterocycles. The van der Waals surface area contributed by atoms with E-state index in [1.807, 2.05) is 31.2 Å². The van der Waals surface area contributed by atoms with E-state index >= 15 is 0 Å². The predicted octanol–water partition coefficient (Wildman–Crippen LogP) is 3.24. The standard InChI is InChI=1S/C14H14N2O2S/c1-9-4-5-18-12(9)7-15-10-2-3-13-11(6-10)16-14(17)8-19-13/h2-6,15H,7-8H2,1H3,(H,16,17). The smallest absolute Gasteiger partial charge is 0.234 e. The highest BCUT2D eigenvalue weighted by Gasteiger charge is 2.15. The van der Waals surface area contributed by atoms with Crippen LogP contribution in [0.4, 0.5) is 11.4 Å². The Kier molecular flexibility index (Phi) is 3.21. The van der Waals surface area contributed by atoms with E-state index < -0.39 is 0 Å². The van der Waals surface area contributed by atoms with Crippen molar-refractivity contribution in [3.05, 3.63) is 41.9 Å². The van der Waals surface area contributed by atoms with Gasteiger partial charge in [0.2, 0.25) is 5.91 Å². The highest BCUT2D eigenvalue weighted by Crippen LogP contribution is 2.33. The number of amides is 1. The molecule has 1 aliphatic heterocycles. The van der Waals surface area contributed by atoms with Crippen LogP contribution in [0.2, 0.25) is 0 Å². The molecule has 19 heavy (non-hydrogen) atoms. The lowest BCUT2D eigenvalue weighted by Gasteiger charge is -2.17. The third kappa shape index (κ3) is 2.61. The van der Waals surface area contributed by atoms with Gasteiger partial charge in [0.1, 0.15) is 5.76 Å². The molecular formula is C14H14N2O2S. The van der Waals surface area contributed by atoms with E-state index in [1.165, 1.54) is 0 Å². The van der Waals surface area contributed by atoms with Crippen molar-refractivity contribution in [3.63, 3.8) is 0 Å². The summed E-state index contributed by atoms with van der Waals surface area (Å²) >= 11 is 1.57. The summed E-state index contributed by atoms with van der Waals surface area (Å²) in [6, 6.07) is 7.94. The average Bonchev–Trinajstić information content (AvgIpc) is 2.81. The van der Waals surface area contributed by atoms with Gasteiger partial charge in [-0.2, -0.15) is 0 Å². The molecule has 1 aliphatic rings. The van der Waals surface area contributed by atoms with Gasteiger partial charge in [0.05, 0.1) is 24.2 Å². The van der Waals surface area contributed by atoms with Gasteiger partial charge in [-0.3, -0.25) is 4.79 Å². The fourth-order valence-corrected chi connectivity index (χ4v) is 2.75. The van der Waals surface area contributed by atoms with Crippen LogP contribution in [0.15, 0.2) is 39.8 Å². The molecule has 2 heterocycles. The molecule has 0 bridgehead atoms. The first-order valence-electron chi connectivity index (χ1n) is 6.06. The number of fused-ring (bicyclic) bond motifs is 1. The lowest BCUT2D eigenvalue weighted by atomic mass is 10.2. The van der Waals surface area contributed by atoms with E-state index in [0.29, 0.717) is 12.3 Å². The summed E-state index contributed by atoms with van der Waals surface area (Å²) in [5.74, 6) is 1.47. The number of carbonyl (C=O) groups is 1. The van der Waals surface area contributed by atoms with Crippen LogP contribution in [0.5, 0.6) is 0 Å². The van der Waals surface area contributed by atoms with Crippen molar-refractivity contribution < 1.29 is 9.21 Å². The van der Waals surface area contributed by atoms with E-state index in [2.05, 4.69) is 10.6 Å². The normalized spacial score (nSPS) is 13.8. The van der Waals surface area contributed by atoms with Crippen LogP contribution < -0.4 is 10.6 Å². The molecule has 2 aromatic rings. The first-order valence-corrected chi connectivity index (χ1v) is 7.04. The van der Waals surface area contributed by atoms with E-state index in [-0.39, 0.29) is 5.91 Å². The molecule has 2 N–H and O–H groups in total. The second-order valence-electron chi connectivity index (χ2n) is 4.43. The van der Waals surface area contributed by atoms with Crippen LogP contribution in [0.1, 0.15) is 11.3 Å². The number of benzene rings is 1. The Labute approximate surface area is 115 Å². The van der Waals surface area contributed by atoms with Crippen molar-refractivity contribution in [3.8, 4) is 0 Å². The second-order valence-corrected chi connectivity index (χ2v) is 5.45. The zero-order valence-corrected chi connectivity index (χ0v) is 11.3. The molecule has 0 radical (unpaired) electrons. The Morgan fingerprint density at radius 3 is 3.11 bits per heavy atom. The Morgan fingerprint density at radius 1 is 1.42 bits per heavy atom. The van der Waals surface area contributed by atoms with Crippen LogP contribution in [-0.2, 0) is 11.3 Å².